The Morgan fingerprint density at radius 1 is 1.03 bits per heavy atom. The number of hydrogen-bond acceptors (Lipinski definition) is 10. The van der Waals surface area contributed by atoms with Gasteiger partial charge in [0.25, 0.3) is 0 Å². The van der Waals surface area contributed by atoms with E-state index in [9.17, 15) is 28.8 Å². The summed E-state index contributed by atoms with van der Waals surface area (Å²) in [6, 6.07) is 6.82. The molecule has 1 heterocycles. The van der Waals surface area contributed by atoms with Gasteiger partial charge in [0.05, 0.1) is 6.61 Å². The number of aliphatic hydroxyl groups is 2. The van der Waals surface area contributed by atoms with Gasteiger partial charge in [0.2, 0.25) is 0 Å². The molecule has 0 spiro atoms. The summed E-state index contributed by atoms with van der Waals surface area (Å²) in [5.41, 5.74) is -0.467. The molecular weight excluding hydrogens is 483 g/mol. The van der Waals surface area contributed by atoms with Gasteiger partial charge < -0.3 is 39.4 Å². The van der Waals surface area contributed by atoms with Gasteiger partial charge >= 0.3 is 23.5 Å². The van der Waals surface area contributed by atoms with Crippen LogP contribution >= 0.6 is 23.5 Å². The fourth-order valence-electron chi connectivity index (χ4n) is 2.88. The molecule has 0 amide bonds. The number of ether oxygens (including phenoxy) is 1. The fourth-order valence-corrected chi connectivity index (χ4v) is 5.91. The first-order valence-electron chi connectivity index (χ1n) is 8.55. The number of benzene rings is 1. The molecule has 1 aromatic carbocycles. The Morgan fingerprint density at radius 2 is 1.58 bits per heavy atom. The Bertz CT molecular complexity index is 915. The van der Waals surface area contributed by atoms with Crippen LogP contribution in [0.5, 0.6) is 0 Å². The number of rotatable bonds is 9. The maximum absolute atomic E-state index is 11.8. The predicted molar refractivity (Wildman–Crippen MR) is 105 cm³/mol. The van der Waals surface area contributed by atoms with E-state index in [4.69, 9.17) is 19.4 Å². The minimum Gasteiger partial charge on any atom is -0.387 e. The zero-order chi connectivity index (χ0) is 23.8. The minimum absolute atomic E-state index is 0.496. The third kappa shape index (κ3) is 7.15. The Morgan fingerprint density at radius 3 is 2.06 bits per heavy atom. The number of hydrogen-bond donors (Lipinski definition) is 6. The number of aliphatic hydroxyl groups excluding tert-OH is 1. The molecule has 17 heteroatoms. The van der Waals surface area contributed by atoms with E-state index in [2.05, 4.69) is 13.1 Å². The first-order chi connectivity index (χ1) is 13.9. The van der Waals surface area contributed by atoms with Gasteiger partial charge in [-0.1, -0.05) is 12.1 Å². The highest BCUT2D eigenvalue weighted by Gasteiger charge is 2.53. The van der Waals surface area contributed by atoms with Crippen molar-refractivity contribution in [3.8, 4) is 0 Å². The molecule has 2 unspecified atom stereocenters. The molecule has 6 N–H and O–H groups in total. The zero-order valence-electron chi connectivity index (χ0n) is 16.6. The van der Waals surface area contributed by atoms with Crippen LogP contribution in [-0.4, -0.2) is 68.3 Å². The predicted octanol–water partition coefficient (Wildman–Crippen LogP) is 0.648. The largest absolute Gasteiger partial charge is 0.490 e. The van der Waals surface area contributed by atoms with Gasteiger partial charge in [-0.25, -0.2) is 13.7 Å². The molecule has 0 saturated carbocycles. The van der Waals surface area contributed by atoms with Crippen molar-refractivity contribution in [2.75, 3.05) is 25.6 Å². The SMILES string of the molecule is CN(C)c1ccc([C@@H]2O[C@H](COP(=O)(O)OP(=O)(O)OP(=O)(O)O)[C@@H](O)[C@@]2(C)O)cc1. The van der Waals surface area contributed by atoms with Crippen molar-refractivity contribution in [3.05, 3.63) is 29.8 Å². The number of nitrogens with zero attached hydrogens (tertiary/aromatic N) is 1. The van der Waals surface area contributed by atoms with Crippen LogP contribution in [0, 0.1) is 0 Å². The lowest BCUT2D eigenvalue weighted by Crippen LogP contribution is -2.43. The summed E-state index contributed by atoms with van der Waals surface area (Å²) in [5.74, 6) is 0. The summed E-state index contributed by atoms with van der Waals surface area (Å²) in [6.45, 7) is 0.403. The van der Waals surface area contributed by atoms with Crippen molar-refractivity contribution in [3.63, 3.8) is 0 Å². The van der Waals surface area contributed by atoms with Crippen molar-refractivity contribution in [2.45, 2.75) is 30.8 Å². The van der Waals surface area contributed by atoms with Gasteiger partial charge in [0, 0.05) is 19.8 Å². The zero-order valence-corrected chi connectivity index (χ0v) is 19.3. The first-order valence-corrected chi connectivity index (χ1v) is 13.1. The second-order valence-electron chi connectivity index (χ2n) is 7.10. The minimum atomic E-state index is -5.67. The lowest BCUT2D eigenvalue weighted by Gasteiger charge is -2.27. The van der Waals surface area contributed by atoms with Crippen LogP contribution in [0.1, 0.15) is 18.6 Å². The molecule has 6 atom stereocenters. The van der Waals surface area contributed by atoms with E-state index in [0.717, 1.165) is 5.69 Å². The van der Waals surface area contributed by atoms with Crippen LogP contribution in [0.2, 0.25) is 0 Å². The maximum atomic E-state index is 11.8. The van der Waals surface area contributed by atoms with Gasteiger partial charge in [-0.05, 0) is 24.6 Å². The van der Waals surface area contributed by atoms with Gasteiger partial charge in [0.15, 0.2) is 0 Å². The summed E-state index contributed by atoms with van der Waals surface area (Å²) >= 11 is 0. The lowest BCUT2D eigenvalue weighted by molar-refractivity contribution is -0.0645. The molecular formula is C14H24NO13P3. The second-order valence-corrected chi connectivity index (χ2v) is 11.5. The van der Waals surface area contributed by atoms with E-state index >= 15 is 0 Å². The van der Waals surface area contributed by atoms with Crippen molar-refractivity contribution in [1.29, 1.82) is 0 Å². The second kappa shape index (κ2) is 9.28. The topological polar surface area (TPSA) is 213 Å². The van der Waals surface area contributed by atoms with Crippen LogP contribution in [0.3, 0.4) is 0 Å². The van der Waals surface area contributed by atoms with E-state index in [1.54, 1.807) is 24.3 Å². The third-order valence-electron chi connectivity index (χ3n) is 4.32. The molecule has 0 aliphatic carbocycles. The molecule has 178 valence electrons. The quantitative estimate of drug-likeness (QED) is 0.253. The molecule has 1 saturated heterocycles. The van der Waals surface area contributed by atoms with Crippen molar-refractivity contribution >= 4 is 29.2 Å². The molecule has 2 rings (SSSR count). The standard InChI is InChI=1S/C14H24NO13P3/c1-14(17)12(16)11(26-13(14)9-4-6-10(7-5-9)15(2)3)8-25-30(21,22)28-31(23,24)27-29(18,19)20/h4-7,11-13,16-17H,8H2,1-3H3,(H,21,22)(H,23,24)(H2,18,19,20)/t11-,12-,13+,14-/m1/s1. The molecule has 1 aromatic rings. The molecule has 0 bridgehead atoms. The van der Waals surface area contributed by atoms with Crippen molar-refractivity contribution < 1.29 is 61.4 Å². The molecule has 1 fully saturated rings. The summed E-state index contributed by atoms with van der Waals surface area (Å²) in [5, 5.41) is 21.0. The monoisotopic (exact) mass is 507 g/mol. The van der Waals surface area contributed by atoms with Crippen LogP contribution in [0.15, 0.2) is 24.3 Å². The average Bonchev–Trinajstić information content (AvgIpc) is 2.80. The lowest BCUT2D eigenvalue weighted by atomic mass is 9.89. The third-order valence-corrected chi connectivity index (χ3v) is 8.13. The number of phosphoric acid groups is 3. The van der Waals surface area contributed by atoms with Crippen LogP contribution < -0.4 is 4.90 Å². The Hall–Kier alpha value is -0.690. The molecule has 31 heavy (non-hydrogen) atoms. The van der Waals surface area contributed by atoms with E-state index in [0.29, 0.717) is 5.56 Å². The molecule has 1 aliphatic heterocycles. The molecule has 1 aliphatic rings. The van der Waals surface area contributed by atoms with E-state index in [1.165, 1.54) is 6.92 Å². The Labute approximate surface area is 177 Å². The number of anilines is 1. The maximum Gasteiger partial charge on any atom is 0.490 e. The molecule has 0 radical (unpaired) electrons. The summed E-state index contributed by atoms with van der Waals surface area (Å²) in [6.07, 6.45) is -4.01. The first kappa shape index (κ1) is 26.6. The van der Waals surface area contributed by atoms with Gasteiger partial charge in [-0.15, -0.1) is 0 Å². The highest BCUT2D eigenvalue weighted by Crippen LogP contribution is 2.66. The van der Waals surface area contributed by atoms with E-state index in [1.807, 2.05) is 19.0 Å². The van der Waals surface area contributed by atoms with Crippen LogP contribution in [0.4, 0.5) is 5.69 Å². The smallest absolute Gasteiger partial charge is 0.387 e. The molecule has 0 aromatic heterocycles. The van der Waals surface area contributed by atoms with Gasteiger partial charge in [-0.3, -0.25) is 4.52 Å². The fraction of sp³-hybridized carbons (Fsp3) is 0.571. The van der Waals surface area contributed by atoms with E-state index < -0.39 is 54.0 Å². The summed E-state index contributed by atoms with van der Waals surface area (Å²) < 4.78 is 51.1. The van der Waals surface area contributed by atoms with Crippen LogP contribution in [0.25, 0.3) is 0 Å². The van der Waals surface area contributed by atoms with Gasteiger partial charge in [0.1, 0.15) is 23.9 Å². The van der Waals surface area contributed by atoms with E-state index in [-0.39, 0.29) is 0 Å². The normalized spacial score (nSPS) is 30.5. The Balaban J connectivity index is 2.08. The Kier molecular flexibility index (Phi) is 7.95. The number of phosphoric ester groups is 1. The molecule has 14 nitrogen and oxygen atoms in total. The van der Waals surface area contributed by atoms with Crippen LogP contribution in [-0.2, 0) is 31.6 Å². The highest BCUT2D eigenvalue weighted by atomic mass is 31.3. The summed E-state index contributed by atoms with van der Waals surface area (Å²) in [7, 11) is -12.9. The van der Waals surface area contributed by atoms with Crippen molar-refractivity contribution in [2.24, 2.45) is 0 Å². The highest BCUT2D eigenvalue weighted by molar-refractivity contribution is 7.66. The van der Waals surface area contributed by atoms with Crippen molar-refractivity contribution in [1.82, 2.24) is 0 Å². The summed E-state index contributed by atoms with van der Waals surface area (Å²) in [4.78, 5) is 37.5. The van der Waals surface area contributed by atoms with Gasteiger partial charge in [-0.2, -0.15) is 8.62 Å². The average molecular weight is 507 g/mol.